The van der Waals surface area contributed by atoms with Crippen LogP contribution in [0, 0.1) is 0 Å². The molecule has 0 aliphatic carbocycles. The van der Waals surface area contributed by atoms with Crippen LogP contribution in [-0.4, -0.2) is 39.8 Å². The van der Waals surface area contributed by atoms with E-state index in [1.165, 1.54) is 29.8 Å². The summed E-state index contributed by atoms with van der Waals surface area (Å²) in [7, 11) is -3.92. The number of rotatable bonds is 9. The molecule has 0 spiro atoms. The van der Waals surface area contributed by atoms with Gasteiger partial charge in [-0.1, -0.05) is 0 Å². The van der Waals surface area contributed by atoms with Gasteiger partial charge in [0.1, 0.15) is 0 Å². The summed E-state index contributed by atoms with van der Waals surface area (Å²) in [4.78, 5) is 3.53. The number of fused-ring (bicyclic) bond motifs is 2. The average Bonchev–Trinajstić information content (AvgIpc) is 3.32. The van der Waals surface area contributed by atoms with Crippen LogP contribution in [0.1, 0.15) is 37.7 Å². The Balaban J connectivity index is 1.65. The number of aromatic nitrogens is 1. The summed E-state index contributed by atoms with van der Waals surface area (Å²) in [5.41, 5.74) is 3.62. The fraction of sp³-hybridized carbons (Fsp3) is 0.320. The van der Waals surface area contributed by atoms with Crippen molar-refractivity contribution in [2.45, 2.75) is 44.6 Å². The van der Waals surface area contributed by atoms with Gasteiger partial charge >= 0.3 is 218 Å². The second-order valence-electron chi connectivity index (χ2n) is 8.07. The SMILES string of the molecule is CCC(=Cc1[se]c2ccccc2[n+]1CCCCS(=O)(=O)O)C=C1Sc2ccc(Cl)cc2N1CC. The zero-order valence-electron chi connectivity index (χ0n) is 19.2. The maximum atomic E-state index is 11.1. The predicted octanol–water partition coefficient (Wildman–Crippen LogP) is 5.77. The first-order valence-electron chi connectivity index (χ1n) is 11.3. The van der Waals surface area contributed by atoms with Crippen LogP contribution in [0.25, 0.3) is 15.9 Å². The van der Waals surface area contributed by atoms with Crippen LogP contribution in [0.15, 0.2) is 64.0 Å². The summed E-state index contributed by atoms with van der Waals surface area (Å²) < 4.78 is 36.2. The van der Waals surface area contributed by atoms with Crippen molar-refractivity contribution in [1.29, 1.82) is 0 Å². The van der Waals surface area contributed by atoms with E-state index in [2.05, 4.69) is 59.7 Å². The van der Waals surface area contributed by atoms with E-state index in [9.17, 15) is 8.42 Å². The first kappa shape index (κ1) is 25.5. The number of aryl methyl sites for hydroxylation is 1. The Hall–Kier alpha value is -1.54. The van der Waals surface area contributed by atoms with Crippen LogP contribution in [-0.2, 0) is 16.7 Å². The van der Waals surface area contributed by atoms with Crippen molar-refractivity contribution < 1.29 is 17.5 Å². The fourth-order valence-electron chi connectivity index (χ4n) is 4.02. The molecular formula is C25H28ClN2O3S2Se+. The average molecular weight is 583 g/mol. The second kappa shape index (κ2) is 11.0. The van der Waals surface area contributed by atoms with Crippen LogP contribution < -0.4 is 9.47 Å². The molecule has 0 bridgehead atoms. The van der Waals surface area contributed by atoms with Gasteiger partial charge in [-0.2, -0.15) is 0 Å². The first-order valence-corrected chi connectivity index (χ1v) is 15.8. The van der Waals surface area contributed by atoms with Crippen LogP contribution in [0.2, 0.25) is 5.02 Å². The number of hydrogen-bond donors (Lipinski definition) is 1. The molecule has 4 rings (SSSR count). The van der Waals surface area contributed by atoms with Crippen molar-refractivity contribution >= 4 is 69.5 Å². The van der Waals surface area contributed by atoms with Gasteiger partial charge in [-0.15, -0.1) is 0 Å². The summed E-state index contributed by atoms with van der Waals surface area (Å²) in [5, 5.41) is 1.95. The number of thioether (sulfide) groups is 1. The second-order valence-corrected chi connectivity index (χ2v) is 13.4. The van der Waals surface area contributed by atoms with E-state index < -0.39 is 10.1 Å². The van der Waals surface area contributed by atoms with Crippen molar-refractivity contribution in [2.24, 2.45) is 0 Å². The molecule has 0 atom stereocenters. The van der Waals surface area contributed by atoms with Gasteiger partial charge in [0.25, 0.3) is 0 Å². The minimum absolute atomic E-state index is 0.183. The Morgan fingerprint density at radius 1 is 1.21 bits per heavy atom. The molecule has 3 aromatic rings. The van der Waals surface area contributed by atoms with Crippen LogP contribution in [0.5, 0.6) is 0 Å². The van der Waals surface area contributed by atoms with Crippen LogP contribution in [0.3, 0.4) is 0 Å². The molecule has 34 heavy (non-hydrogen) atoms. The third-order valence-corrected chi connectivity index (χ3v) is 10.2. The Bertz CT molecular complexity index is 1370. The maximum absolute atomic E-state index is 11.1. The Kier molecular flexibility index (Phi) is 8.28. The number of hydrogen-bond acceptors (Lipinski definition) is 4. The van der Waals surface area contributed by atoms with Gasteiger partial charge in [0.2, 0.25) is 0 Å². The number of para-hydroxylation sites is 1. The van der Waals surface area contributed by atoms with Crippen molar-refractivity contribution in [2.75, 3.05) is 17.2 Å². The van der Waals surface area contributed by atoms with Gasteiger partial charge in [0, 0.05) is 0 Å². The topological polar surface area (TPSA) is 61.5 Å². The Morgan fingerprint density at radius 3 is 2.74 bits per heavy atom. The van der Waals surface area contributed by atoms with Crippen LogP contribution in [0.4, 0.5) is 5.69 Å². The van der Waals surface area contributed by atoms with E-state index in [0.29, 0.717) is 12.8 Å². The molecule has 1 aliphatic rings. The molecule has 2 heterocycles. The Labute approximate surface area is 216 Å². The molecule has 0 radical (unpaired) electrons. The zero-order chi connectivity index (χ0) is 24.3. The summed E-state index contributed by atoms with van der Waals surface area (Å²) in [6.07, 6.45) is 6.63. The summed E-state index contributed by atoms with van der Waals surface area (Å²) in [6.45, 7) is 5.93. The molecule has 0 unspecified atom stereocenters. The zero-order valence-corrected chi connectivity index (χ0v) is 23.3. The number of anilines is 1. The molecule has 1 N–H and O–H groups in total. The van der Waals surface area contributed by atoms with Gasteiger partial charge in [-0.05, 0) is 0 Å². The summed E-state index contributed by atoms with van der Waals surface area (Å²) >= 11 is 8.21. The molecule has 9 heteroatoms. The summed E-state index contributed by atoms with van der Waals surface area (Å²) in [6, 6.07) is 14.5. The first-order chi connectivity index (χ1) is 16.3. The number of benzene rings is 2. The molecule has 0 saturated heterocycles. The molecule has 0 saturated carbocycles. The van der Waals surface area contributed by atoms with Crippen molar-refractivity contribution in [3.05, 3.63) is 68.7 Å². The molecular weight excluding hydrogens is 555 g/mol. The number of nitrogens with zero attached hydrogens (tertiary/aromatic N) is 2. The van der Waals surface area contributed by atoms with E-state index in [4.69, 9.17) is 16.2 Å². The third kappa shape index (κ3) is 5.98. The standard InChI is InChI=1S/C25H27ClN2O3S2Se/c1-3-18(15-24-27(4-2)21-17-19(26)11-12-22(21)32-24)16-25-28(13-7-8-14-33(29,30)31)20-9-5-6-10-23(20)34-25/h5-6,9-12,15-17H,3-4,7-8,13-14H2,1-2H3/p+1. The van der Waals surface area contributed by atoms with Crippen molar-refractivity contribution in [1.82, 2.24) is 0 Å². The van der Waals surface area contributed by atoms with Crippen molar-refractivity contribution in [3.63, 3.8) is 0 Å². The monoisotopic (exact) mass is 583 g/mol. The normalized spacial score (nSPS) is 15.5. The van der Waals surface area contributed by atoms with E-state index in [1.54, 1.807) is 11.8 Å². The van der Waals surface area contributed by atoms with Crippen molar-refractivity contribution in [3.8, 4) is 0 Å². The van der Waals surface area contributed by atoms with Gasteiger partial charge < -0.3 is 0 Å². The fourth-order valence-corrected chi connectivity index (χ4v) is 8.38. The molecule has 1 aliphatic heterocycles. The number of unbranched alkanes of at least 4 members (excludes halogenated alkanes) is 1. The molecule has 1 aromatic heterocycles. The molecule has 180 valence electrons. The summed E-state index contributed by atoms with van der Waals surface area (Å²) in [5.74, 6) is -0.195. The number of allylic oxidation sites excluding steroid dienone is 2. The van der Waals surface area contributed by atoms with E-state index in [0.717, 1.165) is 30.2 Å². The van der Waals surface area contributed by atoms with E-state index in [-0.39, 0.29) is 20.3 Å². The van der Waals surface area contributed by atoms with Gasteiger partial charge in [-0.3, -0.25) is 0 Å². The number of halogens is 1. The van der Waals surface area contributed by atoms with Crippen LogP contribution >= 0.6 is 23.4 Å². The molecule has 2 aromatic carbocycles. The Morgan fingerprint density at radius 2 is 2.00 bits per heavy atom. The molecule has 0 amide bonds. The van der Waals surface area contributed by atoms with E-state index in [1.807, 2.05) is 18.2 Å². The van der Waals surface area contributed by atoms with E-state index >= 15 is 0 Å². The third-order valence-electron chi connectivity index (χ3n) is 5.71. The predicted molar refractivity (Wildman–Crippen MR) is 143 cm³/mol. The van der Waals surface area contributed by atoms with Gasteiger partial charge in [-0.25, -0.2) is 0 Å². The molecule has 5 nitrogen and oxygen atoms in total. The van der Waals surface area contributed by atoms with Gasteiger partial charge in [0.05, 0.1) is 0 Å². The van der Waals surface area contributed by atoms with Gasteiger partial charge in [0.15, 0.2) is 0 Å². The minimum atomic E-state index is -3.92. The molecule has 0 fully saturated rings. The quantitative estimate of drug-likeness (QED) is 0.150.